The molecule has 1 unspecified atom stereocenters. The fourth-order valence-electron chi connectivity index (χ4n) is 1.29. The molecule has 3 nitrogen and oxygen atoms in total. The number of nitrogens with zero attached hydrogens (tertiary/aromatic N) is 2. The van der Waals surface area contributed by atoms with E-state index in [1.165, 1.54) is 0 Å². The smallest absolute Gasteiger partial charge is 0.0690 e. The van der Waals surface area contributed by atoms with Crippen LogP contribution in [0.1, 0.15) is 31.5 Å². The van der Waals surface area contributed by atoms with Crippen LogP contribution in [0, 0.1) is 0 Å². The maximum atomic E-state index is 5.96. The van der Waals surface area contributed by atoms with Crippen molar-refractivity contribution in [1.29, 1.82) is 0 Å². The standard InChI is InChI=1S/C8H14BrN3/c1-3-4-7(10)8-6(9)5-11-12(8)2/h5,7H,3-4,10H2,1-2H3. The Labute approximate surface area is 81.1 Å². The molecule has 68 valence electrons. The average Bonchev–Trinajstić information content (AvgIpc) is 2.32. The first-order valence-electron chi connectivity index (χ1n) is 4.09. The summed E-state index contributed by atoms with van der Waals surface area (Å²) in [5.74, 6) is 0. The predicted octanol–water partition coefficient (Wildman–Crippen LogP) is 1.98. The molecule has 0 spiro atoms. The molecule has 0 aromatic carbocycles. The topological polar surface area (TPSA) is 43.8 Å². The first kappa shape index (κ1) is 9.74. The zero-order valence-electron chi connectivity index (χ0n) is 7.42. The number of hydrogen-bond donors (Lipinski definition) is 1. The van der Waals surface area contributed by atoms with Gasteiger partial charge in [-0.05, 0) is 22.4 Å². The van der Waals surface area contributed by atoms with Crippen LogP contribution in [0.5, 0.6) is 0 Å². The van der Waals surface area contributed by atoms with Gasteiger partial charge in [0.15, 0.2) is 0 Å². The highest BCUT2D eigenvalue weighted by Gasteiger charge is 2.13. The number of hydrogen-bond acceptors (Lipinski definition) is 2. The molecule has 1 atom stereocenters. The molecule has 0 aliphatic rings. The Morgan fingerprint density at radius 3 is 2.83 bits per heavy atom. The molecule has 0 aliphatic heterocycles. The summed E-state index contributed by atoms with van der Waals surface area (Å²) in [6.45, 7) is 2.13. The zero-order chi connectivity index (χ0) is 9.14. The summed E-state index contributed by atoms with van der Waals surface area (Å²) in [5.41, 5.74) is 7.04. The second kappa shape index (κ2) is 4.05. The van der Waals surface area contributed by atoms with Crippen LogP contribution in [0.3, 0.4) is 0 Å². The summed E-state index contributed by atoms with van der Waals surface area (Å²) in [6.07, 6.45) is 3.88. The monoisotopic (exact) mass is 231 g/mol. The molecule has 0 fully saturated rings. The second-order valence-corrected chi connectivity index (χ2v) is 3.75. The van der Waals surface area contributed by atoms with Crippen LogP contribution in [-0.4, -0.2) is 9.78 Å². The van der Waals surface area contributed by atoms with Crippen LogP contribution < -0.4 is 5.73 Å². The number of nitrogens with two attached hydrogens (primary N) is 1. The maximum Gasteiger partial charge on any atom is 0.0690 e. The molecule has 1 rings (SSSR count). The Bertz CT molecular complexity index is 237. The third-order valence-electron chi connectivity index (χ3n) is 1.89. The normalized spacial score (nSPS) is 13.3. The summed E-state index contributed by atoms with van der Waals surface area (Å²) in [4.78, 5) is 0. The molecule has 0 saturated heterocycles. The van der Waals surface area contributed by atoms with Crippen molar-refractivity contribution in [2.75, 3.05) is 0 Å². The fourth-order valence-corrected chi connectivity index (χ4v) is 1.93. The third kappa shape index (κ3) is 1.87. The van der Waals surface area contributed by atoms with Crippen LogP contribution in [0.25, 0.3) is 0 Å². The number of aromatic nitrogens is 2. The van der Waals surface area contributed by atoms with E-state index in [1.807, 2.05) is 11.7 Å². The van der Waals surface area contributed by atoms with Gasteiger partial charge >= 0.3 is 0 Å². The van der Waals surface area contributed by atoms with Gasteiger partial charge in [-0.25, -0.2) is 0 Å². The van der Waals surface area contributed by atoms with Gasteiger partial charge in [-0.3, -0.25) is 4.68 Å². The highest BCUT2D eigenvalue weighted by Crippen LogP contribution is 2.23. The molecule has 2 N–H and O–H groups in total. The van der Waals surface area contributed by atoms with Crippen molar-refractivity contribution in [3.05, 3.63) is 16.4 Å². The van der Waals surface area contributed by atoms with Crippen LogP contribution in [-0.2, 0) is 7.05 Å². The van der Waals surface area contributed by atoms with E-state index in [1.54, 1.807) is 6.20 Å². The largest absolute Gasteiger partial charge is 0.323 e. The van der Waals surface area contributed by atoms with Gasteiger partial charge in [0.25, 0.3) is 0 Å². The lowest BCUT2D eigenvalue weighted by atomic mass is 10.1. The molecule has 1 aromatic heterocycles. The highest BCUT2D eigenvalue weighted by molar-refractivity contribution is 9.10. The predicted molar refractivity (Wildman–Crippen MR) is 52.7 cm³/mol. The molecule has 0 amide bonds. The van der Waals surface area contributed by atoms with E-state index >= 15 is 0 Å². The van der Waals surface area contributed by atoms with Gasteiger partial charge in [-0.1, -0.05) is 13.3 Å². The molecule has 0 radical (unpaired) electrons. The Hall–Kier alpha value is -0.350. The lowest BCUT2D eigenvalue weighted by Crippen LogP contribution is -2.14. The fraction of sp³-hybridized carbons (Fsp3) is 0.625. The molecule has 0 saturated carbocycles. The van der Waals surface area contributed by atoms with Gasteiger partial charge in [0.1, 0.15) is 0 Å². The first-order chi connectivity index (χ1) is 5.66. The van der Waals surface area contributed by atoms with Crippen LogP contribution in [0.4, 0.5) is 0 Å². The molecule has 1 aromatic rings. The van der Waals surface area contributed by atoms with E-state index in [0.717, 1.165) is 23.0 Å². The minimum atomic E-state index is 0.0943. The van der Waals surface area contributed by atoms with Crippen molar-refractivity contribution in [2.24, 2.45) is 12.8 Å². The Morgan fingerprint density at radius 1 is 1.75 bits per heavy atom. The number of rotatable bonds is 3. The SMILES string of the molecule is CCCC(N)c1c(Br)cnn1C. The van der Waals surface area contributed by atoms with Crippen LogP contribution >= 0.6 is 15.9 Å². The minimum Gasteiger partial charge on any atom is -0.323 e. The molecular formula is C8H14BrN3. The Balaban J connectivity index is 2.85. The lowest BCUT2D eigenvalue weighted by molar-refractivity contribution is 0.573. The van der Waals surface area contributed by atoms with E-state index in [2.05, 4.69) is 28.0 Å². The average molecular weight is 232 g/mol. The van der Waals surface area contributed by atoms with Crippen LogP contribution in [0.15, 0.2) is 10.7 Å². The molecule has 1 heterocycles. The van der Waals surface area contributed by atoms with E-state index in [4.69, 9.17) is 5.73 Å². The maximum absolute atomic E-state index is 5.96. The van der Waals surface area contributed by atoms with E-state index < -0.39 is 0 Å². The van der Waals surface area contributed by atoms with Crippen molar-refractivity contribution >= 4 is 15.9 Å². The number of aryl methyl sites for hydroxylation is 1. The van der Waals surface area contributed by atoms with Gasteiger partial charge < -0.3 is 5.73 Å². The van der Waals surface area contributed by atoms with Crippen LogP contribution in [0.2, 0.25) is 0 Å². The van der Waals surface area contributed by atoms with Gasteiger partial charge in [0.2, 0.25) is 0 Å². The molecular weight excluding hydrogens is 218 g/mol. The highest BCUT2D eigenvalue weighted by atomic mass is 79.9. The summed E-state index contributed by atoms with van der Waals surface area (Å²) in [7, 11) is 1.91. The lowest BCUT2D eigenvalue weighted by Gasteiger charge is -2.11. The van der Waals surface area contributed by atoms with Gasteiger partial charge in [-0.15, -0.1) is 0 Å². The Morgan fingerprint density at radius 2 is 2.42 bits per heavy atom. The molecule has 4 heteroatoms. The van der Waals surface area contributed by atoms with Crippen molar-refractivity contribution in [3.8, 4) is 0 Å². The first-order valence-corrected chi connectivity index (χ1v) is 4.89. The minimum absolute atomic E-state index is 0.0943. The van der Waals surface area contributed by atoms with Crippen molar-refractivity contribution < 1.29 is 0 Å². The Kier molecular flexibility index (Phi) is 3.29. The zero-order valence-corrected chi connectivity index (χ0v) is 9.00. The second-order valence-electron chi connectivity index (χ2n) is 2.90. The van der Waals surface area contributed by atoms with Crippen molar-refractivity contribution in [3.63, 3.8) is 0 Å². The summed E-state index contributed by atoms with van der Waals surface area (Å²) in [5, 5.41) is 4.11. The molecule has 12 heavy (non-hydrogen) atoms. The van der Waals surface area contributed by atoms with E-state index in [-0.39, 0.29) is 6.04 Å². The summed E-state index contributed by atoms with van der Waals surface area (Å²) < 4.78 is 2.83. The quantitative estimate of drug-likeness (QED) is 0.865. The van der Waals surface area contributed by atoms with Gasteiger partial charge in [-0.2, -0.15) is 5.10 Å². The molecule has 0 aliphatic carbocycles. The van der Waals surface area contributed by atoms with Crippen molar-refractivity contribution in [1.82, 2.24) is 9.78 Å². The van der Waals surface area contributed by atoms with E-state index in [0.29, 0.717) is 0 Å². The van der Waals surface area contributed by atoms with E-state index in [9.17, 15) is 0 Å². The summed E-state index contributed by atoms with van der Waals surface area (Å²) in [6, 6.07) is 0.0943. The van der Waals surface area contributed by atoms with Crippen molar-refractivity contribution in [2.45, 2.75) is 25.8 Å². The summed E-state index contributed by atoms with van der Waals surface area (Å²) >= 11 is 3.42. The van der Waals surface area contributed by atoms with Gasteiger partial charge in [0, 0.05) is 13.1 Å². The van der Waals surface area contributed by atoms with Gasteiger partial charge in [0.05, 0.1) is 16.4 Å². The molecule has 0 bridgehead atoms. The third-order valence-corrected chi connectivity index (χ3v) is 2.50. The number of halogens is 1.